The van der Waals surface area contributed by atoms with Gasteiger partial charge in [-0.15, -0.1) is 0 Å². The molecule has 24 heavy (non-hydrogen) atoms. The van der Waals surface area contributed by atoms with Crippen LogP contribution >= 0.6 is 0 Å². The second-order valence-corrected chi connectivity index (χ2v) is 7.47. The normalized spacial score (nSPS) is 18.1. The van der Waals surface area contributed by atoms with Crippen LogP contribution in [0.3, 0.4) is 0 Å². The quantitative estimate of drug-likeness (QED) is 0.762. The van der Waals surface area contributed by atoms with Crippen molar-refractivity contribution in [1.82, 2.24) is 9.21 Å². The van der Waals surface area contributed by atoms with Crippen molar-refractivity contribution in [1.29, 1.82) is 0 Å². The molecule has 0 bridgehead atoms. The molecule has 1 atom stereocenters. The van der Waals surface area contributed by atoms with Crippen LogP contribution in [-0.4, -0.2) is 70.0 Å². The van der Waals surface area contributed by atoms with Crippen molar-refractivity contribution in [3.63, 3.8) is 0 Å². The van der Waals surface area contributed by atoms with Crippen LogP contribution in [0.1, 0.15) is 6.92 Å². The number of nitrogens with zero attached hydrogens (tertiary/aromatic N) is 2. The van der Waals surface area contributed by atoms with E-state index in [1.165, 1.54) is 30.7 Å². The van der Waals surface area contributed by atoms with E-state index in [-0.39, 0.29) is 4.90 Å². The highest BCUT2D eigenvalue weighted by molar-refractivity contribution is 7.89. The Morgan fingerprint density at radius 2 is 1.71 bits per heavy atom. The molecule has 1 aliphatic rings. The summed E-state index contributed by atoms with van der Waals surface area (Å²) in [6, 6.07) is 4.11. The maximum absolute atomic E-state index is 12.8. The average molecular weight is 357 g/mol. The Labute approximate surface area is 142 Å². The lowest BCUT2D eigenvalue weighted by Crippen LogP contribution is -2.54. The Bertz CT molecular complexity index is 699. The zero-order valence-corrected chi connectivity index (χ0v) is 14.9. The number of benzene rings is 1. The summed E-state index contributed by atoms with van der Waals surface area (Å²) >= 11 is 0. The fourth-order valence-corrected chi connectivity index (χ4v) is 4.08. The number of carbonyl (C=O) groups is 1. The van der Waals surface area contributed by atoms with Crippen molar-refractivity contribution < 1.29 is 22.7 Å². The van der Waals surface area contributed by atoms with Gasteiger partial charge in [-0.25, -0.2) is 8.42 Å². The zero-order valence-electron chi connectivity index (χ0n) is 14.1. The zero-order chi connectivity index (χ0) is 17.9. The first-order valence-electron chi connectivity index (χ1n) is 7.56. The first-order chi connectivity index (χ1) is 11.3. The van der Waals surface area contributed by atoms with Gasteiger partial charge in [0.1, 0.15) is 0 Å². The van der Waals surface area contributed by atoms with E-state index in [0.717, 1.165) is 0 Å². The third-order valence-electron chi connectivity index (χ3n) is 4.23. The van der Waals surface area contributed by atoms with Gasteiger partial charge in [0.15, 0.2) is 11.5 Å². The van der Waals surface area contributed by atoms with Crippen molar-refractivity contribution in [2.45, 2.75) is 17.9 Å². The summed E-state index contributed by atoms with van der Waals surface area (Å²) in [6.07, 6.45) is 0. The minimum Gasteiger partial charge on any atom is -0.493 e. The topological polar surface area (TPSA) is 102 Å². The number of hydrogen-bond acceptors (Lipinski definition) is 6. The Morgan fingerprint density at radius 3 is 2.21 bits per heavy atom. The number of rotatable bonds is 6. The van der Waals surface area contributed by atoms with Gasteiger partial charge in [0.05, 0.1) is 25.2 Å². The van der Waals surface area contributed by atoms with Gasteiger partial charge in [-0.2, -0.15) is 4.31 Å². The predicted octanol–water partition coefficient (Wildman–Crippen LogP) is -0.116. The van der Waals surface area contributed by atoms with E-state index in [2.05, 4.69) is 0 Å². The van der Waals surface area contributed by atoms with Gasteiger partial charge >= 0.3 is 0 Å². The van der Waals surface area contributed by atoms with Crippen LogP contribution in [0.5, 0.6) is 11.5 Å². The lowest BCUT2D eigenvalue weighted by molar-refractivity contribution is -0.123. The molecule has 8 nitrogen and oxygen atoms in total. The summed E-state index contributed by atoms with van der Waals surface area (Å²) in [5, 5.41) is 0. The Kier molecular flexibility index (Phi) is 5.68. The molecule has 9 heteroatoms. The van der Waals surface area contributed by atoms with Crippen LogP contribution in [0, 0.1) is 0 Å². The summed E-state index contributed by atoms with van der Waals surface area (Å²) in [4.78, 5) is 13.3. The number of amides is 1. The van der Waals surface area contributed by atoms with Crippen molar-refractivity contribution in [3.8, 4) is 11.5 Å². The summed E-state index contributed by atoms with van der Waals surface area (Å²) < 4.78 is 37.3. The maximum Gasteiger partial charge on any atom is 0.243 e. The van der Waals surface area contributed by atoms with Crippen molar-refractivity contribution >= 4 is 15.9 Å². The van der Waals surface area contributed by atoms with Gasteiger partial charge in [-0.1, -0.05) is 0 Å². The number of methoxy groups -OCH3 is 2. The van der Waals surface area contributed by atoms with Crippen LogP contribution in [0.4, 0.5) is 0 Å². The molecule has 1 aromatic rings. The molecule has 0 radical (unpaired) electrons. The van der Waals surface area contributed by atoms with E-state index in [9.17, 15) is 13.2 Å². The SMILES string of the molecule is COc1ccc(S(=O)(=O)N2CCN([C@@H](C)C(N)=O)CC2)cc1OC. The van der Waals surface area contributed by atoms with E-state index >= 15 is 0 Å². The average Bonchev–Trinajstić information content (AvgIpc) is 2.60. The van der Waals surface area contributed by atoms with Crippen LogP contribution in [0.15, 0.2) is 23.1 Å². The molecule has 0 aromatic heterocycles. The second kappa shape index (κ2) is 7.37. The highest BCUT2D eigenvalue weighted by atomic mass is 32.2. The molecule has 1 aliphatic heterocycles. The highest BCUT2D eigenvalue weighted by Gasteiger charge is 2.31. The van der Waals surface area contributed by atoms with Gasteiger partial charge in [-0.3, -0.25) is 9.69 Å². The van der Waals surface area contributed by atoms with E-state index < -0.39 is 22.0 Å². The van der Waals surface area contributed by atoms with Crippen molar-refractivity contribution in [2.24, 2.45) is 5.73 Å². The highest BCUT2D eigenvalue weighted by Crippen LogP contribution is 2.30. The van der Waals surface area contributed by atoms with Crippen molar-refractivity contribution in [2.75, 3.05) is 40.4 Å². The lowest BCUT2D eigenvalue weighted by Gasteiger charge is -2.36. The van der Waals surface area contributed by atoms with E-state index in [1.807, 2.05) is 4.90 Å². The fraction of sp³-hybridized carbons (Fsp3) is 0.533. The summed E-state index contributed by atoms with van der Waals surface area (Å²) in [5.74, 6) is 0.419. The van der Waals surface area contributed by atoms with Gasteiger partial charge in [-0.05, 0) is 19.1 Å². The molecule has 1 fully saturated rings. The lowest BCUT2D eigenvalue weighted by atomic mass is 10.2. The molecule has 0 aliphatic carbocycles. The molecular formula is C15H23N3O5S. The number of ether oxygens (including phenoxy) is 2. The molecule has 1 saturated heterocycles. The molecule has 1 amide bonds. The number of sulfonamides is 1. The number of primary amides is 1. The van der Waals surface area contributed by atoms with Crippen LogP contribution < -0.4 is 15.2 Å². The standard InChI is InChI=1S/C15H23N3O5S/c1-11(15(16)19)17-6-8-18(9-7-17)24(20,21)12-4-5-13(22-2)14(10-12)23-3/h4-5,10-11H,6-9H2,1-3H3,(H2,16,19)/t11-/m0/s1. The number of hydrogen-bond donors (Lipinski definition) is 1. The van der Waals surface area contributed by atoms with E-state index in [4.69, 9.17) is 15.2 Å². The molecule has 0 unspecified atom stereocenters. The van der Waals surface area contributed by atoms with Crippen LogP contribution in [0.2, 0.25) is 0 Å². The Balaban J connectivity index is 2.16. The number of piperazine rings is 1. The summed E-state index contributed by atoms with van der Waals surface area (Å²) in [6.45, 7) is 3.23. The van der Waals surface area contributed by atoms with E-state index in [1.54, 1.807) is 13.0 Å². The molecular weight excluding hydrogens is 334 g/mol. The fourth-order valence-electron chi connectivity index (χ4n) is 2.64. The minimum atomic E-state index is -3.63. The Hall–Kier alpha value is -1.84. The van der Waals surface area contributed by atoms with Gasteiger partial charge < -0.3 is 15.2 Å². The molecule has 1 heterocycles. The first-order valence-corrected chi connectivity index (χ1v) is 9.00. The monoisotopic (exact) mass is 357 g/mol. The molecule has 0 saturated carbocycles. The first kappa shape index (κ1) is 18.5. The van der Waals surface area contributed by atoms with Gasteiger partial charge in [0.2, 0.25) is 15.9 Å². The Morgan fingerprint density at radius 1 is 1.12 bits per heavy atom. The van der Waals surface area contributed by atoms with Crippen LogP contribution in [-0.2, 0) is 14.8 Å². The van der Waals surface area contributed by atoms with Crippen molar-refractivity contribution in [3.05, 3.63) is 18.2 Å². The second-order valence-electron chi connectivity index (χ2n) is 5.54. The minimum absolute atomic E-state index is 0.150. The van der Waals surface area contributed by atoms with Crippen LogP contribution in [0.25, 0.3) is 0 Å². The molecule has 2 rings (SSSR count). The largest absolute Gasteiger partial charge is 0.493 e. The van der Waals surface area contributed by atoms with Gasteiger partial charge in [0.25, 0.3) is 0 Å². The predicted molar refractivity (Wildman–Crippen MR) is 88.5 cm³/mol. The molecule has 0 spiro atoms. The third-order valence-corrected chi connectivity index (χ3v) is 6.12. The smallest absolute Gasteiger partial charge is 0.243 e. The summed E-state index contributed by atoms with van der Waals surface area (Å²) in [7, 11) is -0.686. The molecule has 134 valence electrons. The molecule has 1 aromatic carbocycles. The third kappa shape index (κ3) is 3.63. The number of carbonyl (C=O) groups excluding carboxylic acids is 1. The van der Waals surface area contributed by atoms with Gasteiger partial charge in [0, 0.05) is 32.2 Å². The maximum atomic E-state index is 12.8. The molecule has 2 N–H and O–H groups in total. The van der Waals surface area contributed by atoms with E-state index in [0.29, 0.717) is 37.7 Å². The summed E-state index contributed by atoms with van der Waals surface area (Å²) in [5.41, 5.74) is 5.30. The number of nitrogens with two attached hydrogens (primary N) is 1.